The van der Waals surface area contributed by atoms with Gasteiger partial charge in [-0.2, -0.15) is 13.2 Å². The molecule has 0 heterocycles. The van der Waals surface area contributed by atoms with Gasteiger partial charge in [-0.15, -0.1) is 0 Å². The number of benzene rings is 3. The number of rotatable bonds is 7. The zero-order chi connectivity index (χ0) is 21.8. The van der Waals surface area contributed by atoms with Crippen molar-refractivity contribution in [3.63, 3.8) is 0 Å². The van der Waals surface area contributed by atoms with Crippen molar-refractivity contribution >= 4 is 21.4 Å². The van der Waals surface area contributed by atoms with Crippen LogP contribution in [0.2, 0.25) is 5.02 Å². The summed E-state index contributed by atoms with van der Waals surface area (Å²) >= 11 is 5.77. The van der Waals surface area contributed by atoms with E-state index in [4.69, 9.17) is 16.3 Å². The van der Waals surface area contributed by atoms with E-state index in [2.05, 4.69) is 5.32 Å². The van der Waals surface area contributed by atoms with Crippen molar-refractivity contribution in [2.75, 3.05) is 5.88 Å². The second-order valence-electron chi connectivity index (χ2n) is 6.38. The van der Waals surface area contributed by atoms with Crippen molar-refractivity contribution in [3.8, 4) is 11.5 Å². The summed E-state index contributed by atoms with van der Waals surface area (Å²) in [5, 5.41) is 3.09. The fourth-order valence-corrected chi connectivity index (χ4v) is 3.87. The van der Waals surface area contributed by atoms with E-state index in [1.54, 1.807) is 30.3 Å². The highest BCUT2D eigenvalue weighted by molar-refractivity contribution is 7.91. The first kappa shape index (κ1) is 22.1. The molecule has 0 aliphatic heterocycles. The summed E-state index contributed by atoms with van der Waals surface area (Å²) in [4.78, 5) is 0.0594. The molecule has 0 unspecified atom stereocenters. The van der Waals surface area contributed by atoms with Gasteiger partial charge in [-0.05, 0) is 54.6 Å². The minimum atomic E-state index is -4.53. The van der Waals surface area contributed by atoms with E-state index in [1.165, 1.54) is 30.3 Å². The Bertz CT molecular complexity index is 1100. The molecule has 1 N–H and O–H groups in total. The van der Waals surface area contributed by atoms with Crippen LogP contribution in [0.15, 0.2) is 77.7 Å². The van der Waals surface area contributed by atoms with Crippen LogP contribution in [-0.2, 0) is 22.6 Å². The second kappa shape index (κ2) is 9.07. The van der Waals surface area contributed by atoms with Gasteiger partial charge in [0, 0.05) is 17.1 Å². The fraction of sp³-hybridized carbons (Fsp3) is 0.143. The maximum atomic E-state index is 13.1. The molecule has 0 amide bonds. The Labute approximate surface area is 177 Å². The predicted molar refractivity (Wildman–Crippen MR) is 108 cm³/mol. The summed E-state index contributed by atoms with van der Waals surface area (Å²) in [5.41, 5.74) is -0.666. The second-order valence-corrected chi connectivity index (χ2v) is 8.80. The number of alkyl halides is 3. The van der Waals surface area contributed by atoms with E-state index in [0.29, 0.717) is 10.8 Å². The van der Waals surface area contributed by atoms with E-state index >= 15 is 0 Å². The molecule has 0 radical (unpaired) electrons. The zero-order valence-corrected chi connectivity index (χ0v) is 17.1. The molecule has 9 heteroatoms. The van der Waals surface area contributed by atoms with Crippen LogP contribution in [0.3, 0.4) is 0 Å². The number of para-hydroxylation sites is 1. The van der Waals surface area contributed by atoms with Crippen LogP contribution >= 0.6 is 11.6 Å². The first-order chi connectivity index (χ1) is 14.1. The lowest BCUT2D eigenvalue weighted by Gasteiger charge is -2.15. The third-order valence-corrected chi connectivity index (χ3v) is 5.97. The molecular weight excluding hydrogens is 439 g/mol. The first-order valence-electron chi connectivity index (χ1n) is 8.77. The number of ether oxygens (including phenoxy) is 1. The Kier molecular flexibility index (Phi) is 6.70. The molecule has 30 heavy (non-hydrogen) atoms. The van der Waals surface area contributed by atoms with Gasteiger partial charge in [0.15, 0.2) is 9.84 Å². The van der Waals surface area contributed by atoms with Crippen molar-refractivity contribution in [3.05, 3.63) is 88.9 Å². The molecule has 0 spiro atoms. The Morgan fingerprint density at radius 2 is 1.60 bits per heavy atom. The fourth-order valence-electron chi connectivity index (χ4n) is 2.65. The topological polar surface area (TPSA) is 55.4 Å². The molecule has 3 rings (SSSR count). The van der Waals surface area contributed by atoms with E-state index in [1.807, 2.05) is 0 Å². The number of hydrogen-bond acceptors (Lipinski definition) is 4. The van der Waals surface area contributed by atoms with Crippen LogP contribution in [0.4, 0.5) is 13.2 Å². The average Bonchev–Trinajstić information content (AvgIpc) is 2.69. The van der Waals surface area contributed by atoms with Crippen LogP contribution in [0.1, 0.15) is 11.1 Å². The lowest BCUT2D eigenvalue weighted by Crippen LogP contribution is -2.23. The van der Waals surface area contributed by atoms with Gasteiger partial charge in [-0.1, -0.05) is 29.8 Å². The molecule has 158 valence electrons. The normalized spacial score (nSPS) is 12.0. The molecule has 0 bridgehead atoms. The third kappa shape index (κ3) is 5.75. The van der Waals surface area contributed by atoms with E-state index in [9.17, 15) is 21.6 Å². The standard InChI is InChI=1S/C21H17ClF3NO3S/c22-17-7-9-19(10-8-17)30(27,28)14-26-13-15-12-16(21(23,24)25)6-11-20(15)29-18-4-2-1-3-5-18/h1-12,26H,13-14H2. The summed E-state index contributed by atoms with van der Waals surface area (Å²) in [6.07, 6.45) is -4.53. The Morgan fingerprint density at radius 3 is 2.23 bits per heavy atom. The lowest BCUT2D eigenvalue weighted by molar-refractivity contribution is -0.137. The van der Waals surface area contributed by atoms with Crippen LogP contribution in [0.25, 0.3) is 0 Å². The SMILES string of the molecule is O=S(=O)(CNCc1cc(C(F)(F)F)ccc1Oc1ccccc1)c1ccc(Cl)cc1. The largest absolute Gasteiger partial charge is 0.457 e. The highest BCUT2D eigenvalue weighted by Crippen LogP contribution is 2.34. The maximum absolute atomic E-state index is 13.1. The first-order valence-corrected chi connectivity index (χ1v) is 10.8. The summed E-state index contributed by atoms with van der Waals surface area (Å²) in [6.45, 7) is -0.140. The molecule has 0 saturated heterocycles. The van der Waals surface area contributed by atoms with Crippen molar-refractivity contribution < 1.29 is 26.3 Å². The molecule has 3 aromatic carbocycles. The third-order valence-electron chi connectivity index (χ3n) is 4.14. The van der Waals surface area contributed by atoms with Gasteiger partial charge < -0.3 is 4.74 Å². The van der Waals surface area contributed by atoms with Crippen LogP contribution in [0, 0.1) is 0 Å². The van der Waals surface area contributed by atoms with Crippen molar-refractivity contribution in [2.24, 2.45) is 0 Å². The molecule has 3 aromatic rings. The number of halogens is 4. The van der Waals surface area contributed by atoms with Crippen LogP contribution < -0.4 is 10.1 Å². The van der Waals surface area contributed by atoms with Gasteiger partial charge >= 0.3 is 6.18 Å². The molecule has 0 aliphatic rings. The molecule has 0 fully saturated rings. The number of sulfone groups is 1. The van der Waals surface area contributed by atoms with Gasteiger partial charge in [0.2, 0.25) is 0 Å². The quantitative estimate of drug-likeness (QED) is 0.498. The number of nitrogens with one attached hydrogen (secondary N) is 1. The van der Waals surface area contributed by atoms with Gasteiger partial charge in [-0.25, -0.2) is 8.42 Å². The number of hydrogen-bond donors (Lipinski definition) is 1. The summed E-state index contributed by atoms with van der Waals surface area (Å²) < 4.78 is 69.9. The maximum Gasteiger partial charge on any atom is 0.416 e. The van der Waals surface area contributed by atoms with Crippen molar-refractivity contribution in [1.29, 1.82) is 0 Å². The molecule has 0 aliphatic carbocycles. The summed E-state index contributed by atoms with van der Waals surface area (Å²) in [5.74, 6) is 0.188. The van der Waals surface area contributed by atoms with E-state index in [0.717, 1.165) is 12.1 Å². The predicted octanol–water partition coefficient (Wildman–Crippen LogP) is 5.67. The highest BCUT2D eigenvalue weighted by Gasteiger charge is 2.31. The molecular formula is C21H17ClF3NO3S. The average molecular weight is 456 g/mol. The van der Waals surface area contributed by atoms with Gasteiger partial charge in [0.1, 0.15) is 17.4 Å². The molecule has 0 atom stereocenters. The Hall–Kier alpha value is -2.55. The minimum Gasteiger partial charge on any atom is -0.457 e. The van der Waals surface area contributed by atoms with Gasteiger partial charge in [0.25, 0.3) is 0 Å². The molecule has 0 saturated carbocycles. The molecule has 0 aromatic heterocycles. The lowest BCUT2D eigenvalue weighted by atomic mass is 10.1. The van der Waals surface area contributed by atoms with Gasteiger partial charge in [0.05, 0.1) is 10.5 Å². The smallest absolute Gasteiger partial charge is 0.416 e. The Morgan fingerprint density at radius 1 is 0.933 bits per heavy atom. The van der Waals surface area contributed by atoms with Crippen molar-refractivity contribution in [2.45, 2.75) is 17.6 Å². The van der Waals surface area contributed by atoms with Gasteiger partial charge in [-0.3, -0.25) is 5.32 Å². The minimum absolute atomic E-state index is 0.0594. The zero-order valence-electron chi connectivity index (χ0n) is 15.5. The van der Waals surface area contributed by atoms with Crippen molar-refractivity contribution in [1.82, 2.24) is 5.32 Å². The summed E-state index contributed by atoms with van der Waals surface area (Å²) in [7, 11) is -3.69. The van der Waals surface area contributed by atoms with E-state index in [-0.39, 0.29) is 22.8 Å². The highest BCUT2D eigenvalue weighted by atomic mass is 35.5. The van der Waals surface area contributed by atoms with Crippen LogP contribution in [0.5, 0.6) is 11.5 Å². The van der Waals surface area contributed by atoms with Crippen LogP contribution in [-0.4, -0.2) is 14.3 Å². The van der Waals surface area contributed by atoms with E-state index < -0.39 is 27.5 Å². The monoisotopic (exact) mass is 455 g/mol. The summed E-state index contributed by atoms with van der Waals surface area (Å²) in [6, 6.07) is 17.3. The Balaban J connectivity index is 1.79. The molecule has 4 nitrogen and oxygen atoms in total.